The highest BCUT2D eigenvalue weighted by Crippen LogP contribution is 2.18. The SMILES string of the molecule is CCCCOc1ncccc1CN=C(NCC)NCc1coc(-c2ccccc2)n1. The average Bonchev–Trinajstić information content (AvgIpc) is 3.26. The van der Waals surface area contributed by atoms with Gasteiger partial charge in [-0.3, -0.25) is 0 Å². The summed E-state index contributed by atoms with van der Waals surface area (Å²) in [4.78, 5) is 13.6. The van der Waals surface area contributed by atoms with Gasteiger partial charge >= 0.3 is 0 Å². The maximum Gasteiger partial charge on any atom is 0.226 e. The molecule has 0 saturated carbocycles. The van der Waals surface area contributed by atoms with Crippen LogP contribution in [0.3, 0.4) is 0 Å². The molecule has 0 fully saturated rings. The number of benzene rings is 1. The second-order valence-electron chi connectivity index (χ2n) is 6.73. The number of hydrogen-bond acceptors (Lipinski definition) is 5. The molecular weight excluding hydrogens is 378 g/mol. The Bertz CT molecular complexity index is 924. The molecule has 2 aromatic heterocycles. The first-order valence-electron chi connectivity index (χ1n) is 10.4. The zero-order valence-electron chi connectivity index (χ0n) is 17.6. The van der Waals surface area contributed by atoms with Gasteiger partial charge in [0.25, 0.3) is 0 Å². The van der Waals surface area contributed by atoms with Crippen LogP contribution in [0.4, 0.5) is 0 Å². The van der Waals surface area contributed by atoms with E-state index < -0.39 is 0 Å². The highest BCUT2D eigenvalue weighted by molar-refractivity contribution is 5.79. The third kappa shape index (κ3) is 6.34. The number of pyridine rings is 1. The van der Waals surface area contributed by atoms with Crippen LogP contribution in [0.1, 0.15) is 37.9 Å². The minimum absolute atomic E-state index is 0.471. The Kier molecular flexibility index (Phi) is 8.26. The normalized spacial score (nSPS) is 11.3. The summed E-state index contributed by atoms with van der Waals surface area (Å²) in [6, 6.07) is 13.7. The number of ether oxygens (including phenoxy) is 1. The molecule has 2 heterocycles. The number of nitrogens with one attached hydrogen (secondary N) is 2. The number of rotatable bonds is 10. The molecule has 0 aliphatic rings. The van der Waals surface area contributed by atoms with Crippen molar-refractivity contribution in [3.8, 4) is 17.3 Å². The molecule has 0 atom stereocenters. The Morgan fingerprint density at radius 1 is 1.10 bits per heavy atom. The van der Waals surface area contributed by atoms with E-state index in [9.17, 15) is 0 Å². The van der Waals surface area contributed by atoms with Crippen molar-refractivity contribution in [1.82, 2.24) is 20.6 Å². The molecule has 30 heavy (non-hydrogen) atoms. The second kappa shape index (κ2) is 11.6. The van der Waals surface area contributed by atoms with Crippen LogP contribution in [0.2, 0.25) is 0 Å². The van der Waals surface area contributed by atoms with E-state index in [0.29, 0.717) is 37.4 Å². The summed E-state index contributed by atoms with van der Waals surface area (Å²) in [7, 11) is 0. The number of aliphatic imine (C=N–C) groups is 1. The van der Waals surface area contributed by atoms with Crippen LogP contribution < -0.4 is 15.4 Å². The van der Waals surface area contributed by atoms with Crippen molar-refractivity contribution in [2.75, 3.05) is 13.2 Å². The average molecular weight is 408 g/mol. The number of nitrogens with zero attached hydrogens (tertiary/aromatic N) is 3. The molecule has 0 spiro atoms. The first-order chi connectivity index (χ1) is 14.8. The molecule has 0 aliphatic heterocycles. The smallest absolute Gasteiger partial charge is 0.226 e. The van der Waals surface area contributed by atoms with E-state index >= 15 is 0 Å². The zero-order valence-corrected chi connectivity index (χ0v) is 17.6. The van der Waals surface area contributed by atoms with Crippen LogP contribution >= 0.6 is 0 Å². The van der Waals surface area contributed by atoms with Crippen LogP contribution in [-0.4, -0.2) is 29.1 Å². The number of oxazole rings is 1. The molecule has 1 aromatic carbocycles. The Morgan fingerprint density at radius 2 is 1.97 bits per heavy atom. The Balaban J connectivity index is 1.61. The van der Waals surface area contributed by atoms with Gasteiger partial charge in [0.1, 0.15) is 6.26 Å². The highest BCUT2D eigenvalue weighted by atomic mass is 16.5. The Morgan fingerprint density at radius 3 is 2.77 bits per heavy atom. The molecule has 7 nitrogen and oxygen atoms in total. The summed E-state index contributed by atoms with van der Waals surface area (Å²) in [5.74, 6) is 1.96. The summed E-state index contributed by atoms with van der Waals surface area (Å²) in [5.41, 5.74) is 2.72. The predicted octanol–water partition coefficient (Wildman–Crippen LogP) is 4.17. The van der Waals surface area contributed by atoms with Gasteiger partial charge in [-0.1, -0.05) is 37.6 Å². The molecule has 2 N–H and O–H groups in total. The van der Waals surface area contributed by atoms with E-state index in [1.807, 2.05) is 49.4 Å². The fraction of sp³-hybridized carbons (Fsp3) is 0.348. The van der Waals surface area contributed by atoms with Crippen LogP contribution in [0.25, 0.3) is 11.5 Å². The zero-order chi connectivity index (χ0) is 21.0. The molecular formula is C23H29N5O2. The van der Waals surface area contributed by atoms with E-state index in [2.05, 4.69) is 32.5 Å². The molecule has 0 unspecified atom stereocenters. The fourth-order valence-electron chi connectivity index (χ4n) is 2.77. The monoisotopic (exact) mass is 407 g/mol. The molecule has 7 heteroatoms. The van der Waals surface area contributed by atoms with Crippen LogP contribution in [0.15, 0.2) is 64.3 Å². The molecule has 0 radical (unpaired) electrons. The lowest BCUT2D eigenvalue weighted by atomic mass is 10.2. The van der Waals surface area contributed by atoms with Crippen LogP contribution in [-0.2, 0) is 13.1 Å². The van der Waals surface area contributed by atoms with E-state index in [1.54, 1.807) is 12.5 Å². The van der Waals surface area contributed by atoms with Crippen LogP contribution in [0, 0.1) is 0 Å². The lowest BCUT2D eigenvalue weighted by molar-refractivity contribution is 0.294. The minimum Gasteiger partial charge on any atom is -0.477 e. The van der Waals surface area contributed by atoms with Crippen molar-refractivity contribution < 1.29 is 9.15 Å². The van der Waals surface area contributed by atoms with Crippen LogP contribution in [0.5, 0.6) is 5.88 Å². The fourth-order valence-corrected chi connectivity index (χ4v) is 2.77. The molecule has 3 rings (SSSR count). The Hall–Kier alpha value is -3.35. The molecule has 0 saturated heterocycles. The summed E-state index contributed by atoms with van der Waals surface area (Å²) >= 11 is 0. The van der Waals surface area contributed by atoms with Gasteiger partial charge in [-0.15, -0.1) is 0 Å². The molecule has 0 amide bonds. The molecule has 0 aliphatic carbocycles. The van der Waals surface area contributed by atoms with Crippen molar-refractivity contribution in [2.24, 2.45) is 4.99 Å². The van der Waals surface area contributed by atoms with Crippen molar-refractivity contribution in [2.45, 2.75) is 39.8 Å². The van der Waals surface area contributed by atoms with E-state index in [4.69, 9.17) is 9.15 Å². The van der Waals surface area contributed by atoms with E-state index in [0.717, 1.165) is 36.2 Å². The van der Waals surface area contributed by atoms with E-state index in [-0.39, 0.29) is 0 Å². The largest absolute Gasteiger partial charge is 0.477 e. The first kappa shape index (κ1) is 21.4. The van der Waals surface area contributed by atoms with Gasteiger partial charge in [-0.05, 0) is 31.5 Å². The van der Waals surface area contributed by atoms with Gasteiger partial charge in [-0.2, -0.15) is 0 Å². The van der Waals surface area contributed by atoms with Gasteiger partial charge in [-0.25, -0.2) is 15.0 Å². The van der Waals surface area contributed by atoms with Crippen molar-refractivity contribution >= 4 is 5.96 Å². The maximum atomic E-state index is 5.80. The third-order valence-electron chi connectivity index (χ3n) is 4.35. The van der Waals surface area contributed by atoms with Gasteiger partial charge in [0.2, 0.25) is 11.8 Å². The lowest BCUT2D eigenvalue weighted by Crippen LogP contribution is -2.36. The first-order valence-corrected chi connectivity index (χ1v) is 10.4. The molecule has 158 valence electrons. The number of aromatic nitrogens is 2. The minimum atomic E-state index is 0.471. The van der Waals surface area contributed by atoms with Gasteiger partial charge in [0, 0.05) is 23.9 Å². The number of hydrogen-bond donors (Lipinski definition) is 2. The maximum absolute atomic E-state index is 5.80. The molecule has 0 bridgehead atoms. The summed E-state index contributed by atoms with van der Waals surface area (Å²) in [5, 5.41) is 6.55. The quantitative estimate of drug-likeness (QED) is 0.298. The van der Waals surface area contributed by atoms with Gasteiger partial charge in [0.05, 0.1) is 25.4 Å². The van der Waals surface area contributed by atoms with Crippen molar-refractivity contribution in [3.05, 3.63) is 66.2 Å². The van der Waals surface area contributed by atoms with E-state index in [1.165, 1.54) is 0 Å². The summed E-state index contributed by atoms with van der Waals surface area (Å²) in [6.07, 6.45) is 5.50. The lowest BCUT2D eigenvalue weighted by Gasteiger charge is -2.11. The van der Waals surface area contributed by atoms with Gasteiger partial charge in [0.15, 0.2) is 5.96 Å². The molecule has 3 aromatic rings. The topological polar surface area (TPSA) is 84.6 Å². The predicted molar refractivity (Wildman–Crippen MR) is 118 cm³/mol. The standard InChI is InChI=1S/C23H29N5O2/c1-3-5-14-29-21-19(12-9-13-25-21)15-26-23(24-4-2)27-16-20-17-30-22(28-20)18-10-7-6-8-11-18/h6-13,17H,3-5,14-16H2,1-2H3,(H2,24,26,27). The number of unbranched alkanes of at least 4 members (excludes halogenated alkanes) is 1. The number of guanidine groups is 1. The summed E-state index contributed by atoms with van der Waals surface area (Å²) < 4.78 is 11.4. The van der Waals surface area contributed by atoms with Gasteiger partial charge < -0.3 is 19.8 Å². The Labute approximate surface area is 177 Å². The van der Waals surface area contributed by atoms with Crippen molar-refractivity contribution in [1.29, 1.82) is 0 Å². The third-order valence-corrected chi connectivity index (χ3v) is 4.35. The van der Waals surface area contributed by atoms with Crippen molar-refractivity contribution in [3.63, 3.8) is 0 Å². The second-order valence-corrected chi connectivity index (χ2v) is 6.73. The highest BCUT2D eigenvalue weighted by Gasteiger charge is 2.08. The summed E-state index contributed by atoms with van der Waals surface area (Å²) in [6.45, 7) is 6.57.